The number of hydrogen-bond acceptors (Lipinski definition) is 3. The molecule has 0 bridgehead atoms. The molecule has 20 heavy (non-hydrogen) atoms. The lowest BCUT2D eigenvalue weighted by Crippen LogP contribution is -2.41. The fourth-order valence-corrected chi connectivity index (χ4v) is 2.66. The SMILES string of the molecule is CC1CCN(C(=O)Cn2nc(C3CC3)ccc2=O)CC1. The van der Waals surface area contributed by atoms with Gasteiger partial charge in [-0.1, -0.05) is 6.92 Å². The zero-order valence-corrected chi connectivity index (χ0v) is 11.9. The molecule has 5 nitrogen and oxygen atoms in total. The van der Waals surface area contributed by atoms with Crippen molar-refractivity contribution < 1.29 is 4.79 Å². The number of amides is 1. The van der Waals surface area contributed by atoms with Gasteiger partial charge in [-0.2, -0.15) is 5.10 Å². The van der Waals surface area contributed by atoms with Gasteiger partial charge in [-0.25, -0.2) is 4.68 Å². The van der Waals surface area contributed by atoms with Gasteiger partial charge in [0, 0.05) is 25.1 Å². The van der Waals surface area contributed by atoms with E-state index in [-0.39, 0.29) is 18.0 Å². The van der Waals surface area contributed by atoms with Crippen LogP contribution >= 0.6 is 0 Å². The van der Waals surface area contributed by atoms with Gasteiger partial charge in [0.05, 0.1) is 5.69 Å². The van der Waals surface area contributed by atoms with Crippen molar-refractivity contribution in [3.63, 3.8) is 0 Å². The second-order valence-corrected chi connectivity index (χ2v) is 6.09. The third kappa shape index (κ3) is 2.92. The number of carbonyl (C=O) groups excluding carboxylic acids is 1. The highest BCUT2D eigenvalue weighted by Gasteiger charge is 2.26. The number of carbonyl (C=O) groups is 1. The van der Waals surface area contributed by atoms with Crippen LogP contribution in [-0.4, -0.2) is 33.7 Å². The smallest absolute Gasteiger partial charge is 0.267 e. The van der Waals surface area contributed by atoms with E-state index < -0.39 is 0 Å². The highest BCUT2D eigenvalue weighted by atomic mass is 16.2. The number of rotatable bonds is 3. The van der Waals surface area contributed by atoms with Gasteiger partial charge in [-0.15, -0.1) is 0 Å². The molecule has 2 heterocycles. The van der Waals surface area contributed by atoms with E-state index in [2.05, 4.69) is 12.0 Å². The van der Waals surface area contributed by atoms with E-state index in [4.69, 9.17) is 0 Å². The maximum Gasteiger partial charge on any atom is 0.267 e. The van der Waals surface area contributed by atoms with Gasteiger partial charge >= 0.3 is 0 Å². The molecule has 1 saturated heterocycles. The summed E-state index contributed by atoms with van der Waals surface area (Å²) in [4.78, 5) is 25.9. The first-order valence-electron chi connectivity index (χ1n) is 7.49. The van der Waals surface area contributed by atoms with Crippen molar-refractivity contribution >= 4 is 5.91 Å². The van der Waals surface area contributed by atoms with Crippen molar-refractivity contribution in [2.24, 2.45) is 5.92 Å². The molecule has 1 aliphatic heterocycles. The Kier molecular flexibility index (Phi) is 3.59. The molecule has 1 aliphatic carbocycles. The molecule has 1 aromatic rings. The average Bonchev–Trinajstić information content (AvgIpc) is 3.26. The second kappa shape index (κ2) is 5.38. The zero-order chi connectivity index (χ0) is 14.1. The third-order valence-corrected chi connectivity index (χ3v) is 4.30. The molecule has 3 rings (SSSR count). The predicted octanol–water partition coefficient (Wildman–Crippen LogP) is 1.38. The predicted molar refractivity (Wildman–Crippen MR) is 75.5 cm³/mol. The summed E-state index contributed by atoms with van der Waals surface area (Å²) < 4.78 is 1.33. The minimum atomic E-state index is -0.187. The fraction of sp³-hybridized carbons (Fsp3) is 0.667. The van der Waals surface area contributed by atoms with E-state index in [0.717, 1.165) is 44.5 Å². The van der Waals surface area contributed by atoms with E-state index in [1.165, 1.54) is 10.7 Å². The summed E-state index contributed by atoms with van der Waals surface area (Å²) in [5.41, 5.74) is 0.762. The number of hydrogen-bond donors (Lipinski definition) is 0. The summed E-state index contributed by atoms with van der Waals surface area (Å²) in [6.45, 7) is 3.90. The number of likely N-dealkylation sites (tertiary alicyclic amines) is 1. The summed E-state index contributed by atoms with van der Waals surface area (Å²) in [6, 6.07) is 3.33. The lowest BCUT2D eigenvalue weighted by molar-refractivity contribution is -0.133. The van der Waals surface area contributed by atoms with Gasteiger partial charge in [0.1, 0.15) is 6.54 Å². The first-order chi connectivity index (χ1) is 9.63. The lowest BCUT2D eigenvalue weighted by atomic mass is 9.99. The van der Waals surface area contributed by atoms with Crippen molar-refractivity contribution in [3.05, 3.63) is 28.2 Å². The standard InChI is InChI=1S/C15H21N3O2/c1-11-6-8-17(9-7-11)15(20)10-18-14(19)5-4-13(16-18)12-2-3-12/h4-5,11-12H,2-3,6-10H2,1H3. The van der Waals surface area contributed by atoms with Gasteiger partial charge in [0.25, 0.3) is 5.56 Å². The van der Waals surface area contributed by atoms with Crippen LogP contribution in [0.2, 0.25) is 0 Å². The monoisotopic (exact) mass is 275 g/mol. The Bertz CT molecular complexity index is 554. The number of aromatic nitrogens is 2. The van der Waals surface area contributed by atoms with Crippen LogP contribution in [0, 0.1) is 5.92 Å². The Hall–Kier alpha value is -1.65. The quantitative estimate of drug-likeness (QED) is 0.837. The Morgan fingerprint density at radius 1 is 1.25 bits per heavy atom. The van der Waals surface area contributed by atoms with Crippen molar-refractivity contribution in [1.82, 2.24) is 14.7 Å². The normalized spacial score (nSPS) is 20.1. The molecule has 0 unspecified atom stereocenters. The maximum absolute atomic E-state index is 12.2. The molecular weight excluding hydrogens is 254 g/mol. The van der Waals surface area contributed by atoms with Crippen LogP contribution in [0.15, 0.2) is 16.9 Å². The summed E-state index contributed by atoms with van der Waals surface area (Å²) in [5.74, 6) is 1.20. The number of nitrogens with zero attached hydrogens (tertiary/aromatic N) is 3. The molecular formula is C15H21N3O2. The Morgan fingerprint density at radius 2 is 1.95 bits per heavy atom. The van der Waals surface area contributed by atoms with Gasteiger partial charge in [0.15, 0.2) is 0 Å². The molecule has 0 aromatic carbocycles. The van der Waals surface area contributed by atoms with E-state index in [9.17, 15) is 9.59 Å². The maximum atomic E-state index is 12.2. The van der Waals surface area contributed by atoms with Crippen molar-refractivity contribution in [2.75, 3.05) is 13.1 Å². The highest BCUT2D eigenvalue weighted by Crippen LogP contribution is 2.38. The Morgan fingerprint density at radius 3 is 2.60 bits per heavy atom. The van der Waals surface area contributed by atoms with Crippen molar-refractivity contribution in [2.45, 2.75) is 45.1 Å². The molecule has 1 saturated carbocycles. The largest absolute Gasteiger partial charge is 0.341 e. The van der Waals surface area contributed by atoms with Crippen molar-refractivity contribution in [1.29, 1.82) is 0 Å². The molecule has 2 aliphatic rings. The first kappa shape index (κ1) is 13.3. The molecule has 0 atom stereocenters. The minimum Gasteiger partial charge on any atom is -0.341 e. The van der Waals surface area contributed by atoms with E-state index in [0.29, 0.717) is 11.8 Å². The van der Waals surface area contributed by atoms with E-state index in [1.54, 1.807) is 6.07 Å². The Labute approximate surface area is 118 Å². The van der Waals surface area contributed by atoms with Crippen LogP contribution < -0.4 is 5.56 Å². The van der Waals surface area contributed by atoms with Gasteiger partial charge < -0.3 is 4.90 Å². The molecule has 1 aromatic heterocycles. The second-order valence-electron chi connectivity index (χ2n) is 6.09. The van der Waals surface area contributed by atoms with Gasteiger partial charge in [0.2, 0.25) is 5.91 Å². The van der Waals surface area contributed by atoms with E-state index >= 15 is 0 Å². The summed E-state index contributed by atoms with van der Waals surface area (Å²) in [7, 11) is 0. The van der Waals surface area contributed by atoms with Crippen LogP contribution in [0.4, 0.5) is 0 Å². The van der Waals surface area contributed by atoms with Gasteiger partial charge in [-0.05, 0) is 37.7 Å². The average molecular weight is 275 g/mol. The Balaban J connectivity index is 1.69. The summed E-state index contributed by atoms with van der Waals surface area (Å²) >= 11 is 0. The van der Waals surface area contributed by atoms with E-state index in [1.807, 2.05) is 4.90 Å². The van der Waals surface area contributed by atoms with Crippen LogP contribution in [0.3, 0.4) is 0 Å². The highest BCUT2D eigenvalue weighted by molar-refractivity contribution is 5.75. The molecule has 0 spiro atoms. The molecule has 1 amide bonds. The minimum absolute atomic E-state index is 0.0134. The molecule has 5 heteroatoms. The summed E-state index contributed by atoms with van der Waals surface area (Å²) in [6.07, 6.45) is 4.39. The van der Waals surface area contributed by atoms with Gasteiger partial charge in [-0.3, -0.25) is 9.59 Å². The summed E-state index contributed by atoms with van der Waals surface area (Å²) in [5, 5.41) is 4.34. The zero-order valence-electron chi connectivity index (χ0n) is 11.9. The molecule has 0 radical (unpaired) electrons. The molecule has 108 valence electrons. The van der Waals surface area contributed by atoms with Crippen LogP contribution in [0.25, 0.3) is 0 Å². The number of piperidine rings is 1. The van der Waals surface area contributed by atoms with Crippen LogP contribution in [0.1, 0.15) is 44.2 Å². The van der Waals surface area contributed by atoms with Crippen LogP contribution in [-0.2, 0) is 11.3 Å². The molecule has 2 fully saturated rings. The fourth-order valence-electron chi connectivity index (χ4n) is 2.66. The third-order valence-electron chi connectivity index (χ3n) is 4.30. The van der Waals surface area contributed by atoms with Crippen molar-refractivity contribution in [3.8, 4) is 0 Å². The molecule has 0 N–H and O–H groups in total. The van der Waals surface area contributed by atoms with Crippen LogP contribution in [0.5, 0.6) is 0 Å². The first-order valence-corrected chi connectivity index (χ1v) is 7.49. The topological polar surface area (TPSA) is 55.2 Å². The lowest BCUT2D eigenvalue weighted by Gasteiger charge is -2.30.